The van der Waals surface area contributed by atoms with Crippen LogP contribution < -0.4 is 9.47 Å². The number of hydrogen-bond donors (Lipinski definition) is 0. The van der Waals surface area contributed by atoms with Gasteiger partial charge in [-0.2, -0.15) is 0 Å². The minimum absolute atomic E-state index is 0.455. The van der Waals surface area contributed by atoms with Crippen LogP contribution in [0.5, 0.6) is 17.4 Å². The van der Waals surface area contributed by atoms with E-state index < -0.39 is 0 Å². The van der Waals surface area contributed by atoms with Gasteiger partial charge in [0.25, 0.3) is 0 Å². The van der Waals surface area contributed by atoms with Crippen LogP contribution in [0.4, 0.5) is 0 Å². The van der Waals surface area contributed by atoms with Crippen LogP contribution in [0.1, 0.15) is 11.1 Å². The van der Waals surface area contributed by atoms with Crippen LogP contribution in [0.3, 0.4) is 0 Å². The zero-order valence-electron chi connectivity index (χ0n) is 10.3. The Labute approximate surface area is 111 Å². The van der Waals surface area contributed by atoms with E-state index in [2.05, 4.69) is 4.98 Å². The maximum Gasteiger partial charge on any atom is 0.222 e. The number of nitrogens with zero attached hydrogens (tertiary/aromatic N) is 1. The lowest BCUT2D eigenvalue weighted by Crippen LogP contribution is -1.93. The van der Waals surface area contributed by atoms with Crippen molar-refractivity contribution in [2.24, 2.45) is 0 Å². The normalized spacial score (nSPS) is 10.2. The van der Waals surface area contributed by atoms with Crippen molar-refractivity contribution in [2.45, 2.75) is 12.8 Å². The molecule has 1 aromatic heterocycles. The van der Waals surface area contributed by atoms with E-state index in [1.807, 2.05) is 37.3 Å². The Morgan fingerprint density at radius 1 is 1.17 bits per heavy atom. The van der Waals surface area contributed by atoms with Crippen LogP contribution in [0.25, 0.3) is 0 Å². The van der Waals surface area contributed by atoms with Crippen LogP contribution in [-0.4, -0.2) is 12.1 Å². The van der Waals surface area contributed by atoms with Crippen molar-refractivity contribution in [1.82, 2.24) is 4.98 Å². The van der Waals surface area contributed by atoms with Gasteiger partial charge in [0.2, 0.25) is 5.88 Å². The van der Waals surface area contributed by atoms with Crippen molar-refractivity contribution in [3.05, 3.63) is 47.7 Å². The van der Waals surface area contributed by atoms with Gasteiger partial charge in [0.05, 0.1) is 7.11 Å². The standard InChI is InChI=1S/C14H14ClNO2/c1-10-7-11(8-15)9-16-14(10)18-13-5-3-12(17-2)4-6-13/h3-7,9H,8H2,1-2H3. The lowest BCUT2D eigenvalue weighted by atomic mass is 10.2. The largest absolute Gasteiger partial charge is 0.497 e. The molecule has 94 valence electrons. The summed E-state index contributed by atoms with van der Waals surface area (Å²) in [5, 5.41) is 0. The Kier molecular flexibility index (Phi) is 4.05. The molecule has 0 bridgehead atoms. The van der Waals surface area contributed by atoms with E-state index in [-0.39, 0.29) is 0 Å². The fraction of sp³-hybridized carbons (Fsp3) is 0.214. The average Bonchev–Trinajstić information content (AvgIpc) is 2.42. The molecular weight excluding hydrogens is 250 g/mol. The number of methoxy groups -OCH3 is 1. The molecule has 0 atom stereocenters. The summed E-state index contributed by atoms with van der Waals surface area (Å²) in [4.78, 5) is 4.25. The molecule has 1 heterocycles. The lowest BCUT2D eigenvalue weighted by Gasteiger charge is -2.08. The summed E-state index contributed by atoms with van der Waals surface area (Å²) in [6, 6.07) is 9.35. The fourth-order valence-corrected chi connectivity index (χ4v) is 1.70. The average molecular weight is 264 g/mol. The number of aryl methyl sites for hydroxylation is 1. The molecule has 4 heteroatoms. The molecule has 2 aromatic rings. The van der Waals surface area contributed by atoms with Gasteiger partial charge in [-0.15, -0.1) is 11.6 Å². The quantitative estimate of drug-likeness (QED) is 0.783. The first-order chi connectivity index (χ1) is 8.72. The second-order valence-electron chi connectivity index (χ2n) is 3.88. The Hall–Kier alpha value is -1.74. The van der Waals surface area contributed by atoms with E-state index in [1.54, 1.807) is 13.3 Å². The van der Waals surface area contributed by atoms with Crippen LogP contribution in [0.15, 0.2) is 36.5 Å². The summed E-state index contributed by atoms with van der Waals surface area (Å²) in [7, 11) is 1.63. The summed E-state index contributed by atoms with van der Waals surface area (Å²) >= 11 is 5.75. The van der Waals surface area contributed by atoms with E-state index in [9.17, 15) is 0 Å². The minimum atomic E-state index is 0.455. The van der Waals surface area contributed by atoms with E-state index in [4.69, 9.17) is 21.1 Å². The summed E-state index contributed by atoms with van der Waals surface area (Å²) in [5.74, 6) is 2.57. The van der Waals surface area contributed by atoms with Gasteiger partial charge in [-0.25, -0.2) is 4.98 Å². The molecule has 0 aliphatic carbocycles. The zero-order valence-corrected chi connectivity index (χ0v) is 11.1. The highest BCUT2D eigenvalue weighted by Gasteiger charge is 2.04. The van der Waals surface area contributed by atoms with Crippen molar-refractivity contribution < 1.29 is 9.47 Å². The number of pyridine rings is 1. The molecule has 0 aliphatic rings. The minimum Gasteiger partial charge on any atom is -0.497 e. The van der Waals surface area contributed by atoms with Gasteiger partial charge >= 0.3 is 0 Å². The van der Waals surface area contributed by atoms with E-state index in [0.29, 0.717) is 11.8 Å². The Bertz CT molecular complexity index is 526. The Balaban J connectivity index is 2.17. The number of halogens is 1. The second kappa shape index (κ2) is 5.74. The summed E-state index contributed by atoms with van der Waals surface area (Å²) < 4.78 is 10.8. The maximum atomic E-state index is 5.75. The van der Waals surface area contributed by atoms with Crippen molar-refractivity contribution >= 4 is 11.6 Å². The maximum absolute atomic E-state index is 5.75. The highest BCUT2D eigenvalue weighted by Crippen LogP contribution is 2.25. The number of aromatic nitrogens is 1. The van der Waals surface area contributed by atoms with E-state index in [1.165, 1.54) is 0 Å². The molecule has 0 spiro atoms. The van der Waals surface area contributed by atoms with Gasteiger partial charge < -0.3 is 9.47 Å². The number of ether oxygens (including phenoxy) is 2. The third kappa shape index (κ3) is 2.93. The third-order valence-electron chi connectivity index (χ3n) is 2.52. The van der Waals surface area contributed by atoms with Crippen LogP contribution in [0, 0.1) is 6.92 Å². The predicted molar refractivity (Wildman–Crippen MR) is 71.6 cm³/mol. The SMILES string of the molecule is COc1ccc(Oc2ncc(CCl)cc2C)cc1. The zero-order chi connectivity index (χ0) is 13.0. The molecule has 0 saturated heterocycles. The number of benzene rings is 1. The predicted octanol–water partition coefficient (Wildman–Crippen LogP) is 3.93. The summed E-state index contributed by atoms with van der Waals surface area (Å²) in [6.45, 7) is 1.95. The van der Waals surface area contributed by atoms with Gasteiger partial charge in [0.15, 0.2) is 0 Å². The topological polar surface area (TPSA) is 31.4 Å². The van der Waals surface area contributed by atoms with Crippen LogP contribution in [0.2, 0.25) is 0 Å². The third-order valence-corrected chi connectivity index (χ3v) is 2.82. The van der Waals surface area contributed by atoms with Gasteiger partial charge in [-0.05, 0) is 42.8 Å². The molecule has 18 heavy (non-hydrogen) atoms. The number of rotatable bonds is 4. The Morgan fingerprint density at radius 2 is 1.83 bits per heavy atom. The van der Waals surface area contributed by atoms with Crippen molar-refractivity contribution in [1.29, 1.82) is 0 Å². The second-order valence-corrected chi connectivity index (χ2v) is 4.14. The number of hydrogen-bond acceptors (Lipinski definition) is 3. The fourth-order valence-electron chi connectivity index (χ4n) is 1.56. The van der Waals surface area contributed by atoms with Gasteiger partial charge in [0, 0.05) is 17.6 Å². The molecule has 0 N–H and O–H groups in total. The highest BCUT2D eigenvalue weighted by atomic mass is 35.5. The monoisotopic (exact) mass is 263 g/mol. The molecule has 0 radical (unpaired) electrons. The molecule has 0 aliphatic heterocycles. The molecule has 0 unspecified atom stereocenters. The molecular formula is C14H14ClNO2. The molecule has 0 amide bonds. The molecule has 0 fully saturated rings. The molecule has 3 nitrogen and oxygen atoms in total. The highest BCUT2D eigenvalue weighted by molar-refractivity contribution is 6.17. The summed E-state index contributed by atoms with van der Waals surface area (Å²) in [5.41, 5.74) is 1.94. The van der Waals surface area contributed by atoms with Crippen molar-refractivity contribution in [3.63, 3.8) is 0 Å². The summed E-state index contributed by atoms with van der Waals surface area (Å²) in [6.07, 6.45) is 1.72. The lowest BCUT2D eigenvalue weighted by molar-refractivity contribution is 0.412. The van der Waals surface area contributed by atoms with Crippen LogP contribution >= 0.6 is 11.6 Å². The molecule has 2 rings (SSSR count). The first-order valence-electron chi connectivity index (χ1n) is 5.56. The Morgan fingerprint density at radius 3 is 2.39 bits per heavy atom. The van der Waals surface area contributed by atoms with E-state index in [0.717, 1.165) is 22.6 Å². The molecule has 1 aromatic carbocycles. The first-order valence-corrected chi connectivity index (χ1v) is 6.10. The van der Waals surface area contributed by atoms with Crippen molar-refractivity contribution in [2.75, 3.05) is 7.11 Å². The van der Waals surface area contributed by atoms with Gasteiger partial charge in [-0.3, -0.25) is 0 Å². The van der Waals surface area contributed by atoms with Gasteiger partial charge in [-0.1, -0.05) is 0 Å². The first kappa shape index (κ1) is 12.7. The van der Waals surface area contributed by atoms with Gasteiger partial charge in [0.1, 0.15) is 11.5 Å². The van der Waals surface area contributed by atoms with Crippen molar-refractivity contribution in [3.8, 4) is 17.4 Å². The smallest absolute Gasteiger partial charge is 0.222 e. The van der Waals surface area contributed by atoms with Crippen LogP contribution in [-0.2, 0) is 5.88 Å². The van der Waals surface area contributed by atoms with E-state index >= 15 is 0 Å². The number of alkyl halides is 1. The molecule has 0 saturated carbocycles.